The number of benzene rings is 1. The summed E-state index contributed by atoms with van der Waals surface area (Å²) in [6.07, 6.45) is 5.52. The van der Waals surface area contributed by atoms with Crippen molar-refractivity contribution in [3.8, 4) is 0 Å². The van der Waals surface area contributed by atoms with E-state index >= 15 is 0 Å². The molecule has 2 fully saturated rings. The summed E-state index contributed by atoms with van der Waals surface area (Å²) in [6.45, 7) is 6.64. The maximum absolute atomic E-state index is 5.87. The number of hydrogen-bond acceptors (Lipinski definition) is 3. The molecule has 0 amide bonds. The van der Waals surface area contributed by atoms with Crippen molar-refractivity contribution in [3.05, 3.63) is 35.9 Å². The Kier molecular flexibility index (Phi) is 5.28. The minimum atomic E-state index is 0.467. The molecular weight excluding hydrogens is 260 g/mol. The second kappa shape index (κ2) is 7.39. The van der Waals surface area contributed by atoms with Gasteiger partial charge in [-0.25, -0.2) is 0 Å². The Labute approximate surface area is 128 Å². The van der Waals surface area contributed by atoms with Crippen molar-refractivity contribution in [1.29, 1.82) is 0 Å². The Bertz CT molecular complexity index is 416. The van der Waals surface area contributed by atoms with E-state index in [1.807, 2.05) is 0 Å². The van der Waals surface area contributed by atoms with Gasteiger partial charge >= 0.3 is 0 Å². The molecule has 0 aliphatic carbocycles. The highest BCUT2D eigenvalue weighted by molar-refractivity contribution is 5.20. The van der Waals surface area contributed by atoms with Crippen molar-refractivity contribution >= 4 is 0 Å². The van der Waals surface area contributed by atoms with Crippen LogP contribution in [-0.2, 0) is 4.74 Å². The molecule has 2 heterocycles. The summed E-state index contributed by atoms with van der Waals surface area (Å²) in [5.41, 5.74) is 1.41. The molecule has 1 N–H and O–H groups in total. The Morgan fingerprint density at radius 3 is 2.86 bits per heavy atom. The number of ether oxygens (including phenoxy) is 1. The maximum Gasteiger partial charge on any atom is 0.0587 e. The number of piperazine rings is 1. The smallest absolute Gasteiger partial charge is 0.0587 e. The lowest BCUT2D eigenvalue weighted by molar-refractivity contribution is 0.000627. The van der Waals surface area contributed by atoms with Gasteiger partial charge in [-0.2, -0.15) is 0 Å². The highest BCUT2D eigenvalue weighted by atomic mass is 16.5. The van der Waals surface area contributed by atoms with E-state index < -0.39 is 0 Å². The first kappa shape index (κ1) is 15.0. The number of nitrogens with zero attached hydrogens (tertiary/aromatic N) is 1. The summed E-state index contributed by atoms with van der Waals surface area (Å²) in [7, 11) is 0. The first-order valence-electron chi connectivity index (χ1n) is 8.47. The van der Waals surface area contributed by atoms with Crippen LogP contribution in [0.2, 0.25) is 0 Å². The summed E-state index contributed by atoms with van der Waals surface area (Å²) >= 11 is 0. The molecule has 21 heavy (non-hydrogen) atoms. The van der Waals surface area contributed by atoms with E-state index in [2.05, 4.69) is 47.5 Å². The van der Waals surface area contributed by atoms with Crippen LogP contribution >= 0.6 is 0 Å². The lowest BCUT2D eigenvalue weighted by Gasteiger charge is -2.39. The summed E-state index contributed by atoms with van der Waals surface area (Å²) in [4.78, 5) is 2.63. The van der Waals surface area contributed by atoms with Gasteiger partial charge in [-0.3, -0.25) is 4.90 Å². The van der Waals surface area contributed by atoms with Gasteiger partial charge in [0, 0.05) is 38.3 Å². The first-order valence-corrected chi connectivity index (χ1v) is 8.47. The molecular formula is C18H28N2O. The van der Waals surface area contributed by atoms with Crippen LogP contribution in [0.3, 0.4) is 0 Å². The molecule has 3 nitrogen and oxygen atoms in total. The number of nitrogens with one attached hydrogen (secondary N) is 1. The van der Waals surface area contributed by atoms with Crippen molar-refractivity contribution < 1.29 is 4.74 Å². The standard InChI is InChI=1S/C18H28N2O/c1-15-13-19-18(16-7-3-2-4-8-16)14-20(15)11-10-17-9-5-6-12-21-17/h2-4,7-8,15,17-19H,5-6,9-14H2,1H3. The highest BCUT2D eigenvalue weighted by Crippen LogP contribution is 2.22. The molecule has 0 bridgehead atoms. The third kappa shape index (κ3) is 4.06. The van der Waals surface area contributed by atoms with E-state index in [1.165, 1.54) is 31.2 Å². The zero-order valence-corrected chi connectivity index (χ0v) is 13.1. The average molecular weight is 288 g/mol. The van der Waals surface area contributed by atoms with Crippen molar-refractivity contribution in [2.75, 3.05) is 26.2 Å². The van der Waals surface area contributed by atoms with Crippen molar-refractivity contribution in [3.63, 3.8) is 0 Å². The van der Waals surface area contributed by atoms with Crippen LogP contribution in [0.15, 0.2) is 30.3 Å². The summed E-state index contributed by atoms with van der Waals surface area (Å²) in [6, 6.07) is 11.9. The molecule has 3 rings (SSSR count). The van der Waals surface area contributed by atoms with Gasteiger partial charge in [-0.1, -0.05) is 30.3 Å². The molecule has 116 valence electrons. The largest absolute Gasteiger partial charge is 0.378 e. The minimum absolute atomic E-state index is 0.467. The normalized spacial score (nSPS) is 31.2. The molecule has 0 saturated carbocycles. The lowest BCUT2D eigenvalue weighted by Crippen LogP contribution is -2.52. The maximum atomic E-state index is 5.87. The SMILES string of the molecule is CC1CNC(c2ccccc2)CN1CCC1CCCCO1. The van der Waals surface area contributed by atoms with Gasteiger partial charge < -0.3 is 10.1 Å². The third-order valence-corrected chi connectivity index (χ3v) is 4.91. The number of rotatable bonds is 4. The van der Waals surface area contributed by atoms with Crippen LogP contribution in [0.4, 0.5) is 0 Å². The van der Waals surface area contributed by atoms with Crippen molar-refractivity contribution in [1.82, 2.24) is 10.2 Å². The summed E-state index contributed by atoms with van der Waals surface area (Å²) in [5.74, 6) is 0. The Morgan fingerprint density at radius 1 is 1.24 bits per heavy atom. The van der Waals surface area contributed by atoms with Crippen molar-refractivity contribution in [2.45, 2.75) is 50.8 Å². The predicted octanol–water partition coefficient (Wildman–Crippen LogP) is 2.98. The van der Waals surface area contributed by atoms with Crippen LogP contribution in [0.25, 0.3) is 0 Å². The van der Waals surface area contributed by atoms with E-state index in [0.29, 0.717) is 18.2 Å². The summed E-state index contributed by atoms with van der Waals surface area (Å²) in [5, 5.41) is 3.68. The fourth-order valence-corrected chi connectivity index (χ4v) is 3.49. The monoisotopic (exact) mass is 288 g/mol. The second-order valence-corrected chi connectivity index (χ2v) is 6.49. The van der Waals surface area contributed by atoms with E-state index in [-0.39, 0.29) is 0 Å². The van der Waals surface area contributed by atoms with E-state index in [4.69, 9.17) is 4.74 Å². The molecule has 3 heteroatoms. The van der Waals surface area contributed by atoms with Crippen LogP contribution in [-0.4, -0.2) is 43.3 Å². The third-order valence-electron chi connectivity index (χ3n) is 4.91. The number of hydrogen-bond donors (Lipinski definition) is 1. The van der Waals surface area contributed by atoms with E-state index in [0.717, 1.165) is 26.2 Å². The minimum Gasteiger partial charge on any atom is -0.378 e. The van der Waals surface area contributed by atoms with Crippen molar-refractivity contribution in [2.24, 2.45) is 0 Å². The Balaban J connectivity index is 1.53. The molecule has 2 aliphatic rings. The molecule has 0 spiro atoms. The molecule has 3 unspecified atom stereocenters. The van der Waals surface area contributed by atoms with Gasteiger partial charge in [0.2, 0.25) is 0 Å². The van der Waals surface area contributed by atoms with Crippen LogP contribution in [0, 0.1) is 0 Å². The fourth-order valence-electron chi connectivity index (χ4n) is 3.49. The molecule has 1 aromatic rings. The van der Waals surface area contributed by atoms with Crippen LogP contribution < -0.4 is 5.32 Å². The summed E-state index contributed by atoms with van der Waals surface area (Å²) < 4.78 is 5.87. The van der Waals surface area contributed by atoms with Gasteiger partial charge in [0.05, 0.1) is 6.10 Å². The van der Waals surface area contributed by atoms with Crippen LogP contribution in [0.5, 0.6) is 0 Å². The Morgan fingerprint density at radius 2 is 2.10 bits per heavy atom. The zero-order chi connectivity index (χ0) is 14.5. The van der Waals surface area contributed by atoms with Gasteiger partial charge in [0.1, 0.15) is 0 Å². The van der Waals surface area contributed by atoms with E-state index in [9.17, 15) is 0 Å². The topological polar surface area (TPSA) is 24.5 Å². The highest BCUT2D eigenvalue weighted by Gasteiger charge is 2.26. The average Bonchev–Trinajstić information content (AvgIpc) is 2.56. The molecule has 3 atom stereocenters. The molecule has 2 aliphatic heterocycles. The predicted molar refractivity (Wildman–Crippen MR) is 86.4 cm³/mol. The van der Waals surface area contributed by atoms with Gasteiger partial charge in [0.15, 0.2) is 0 Å². The molecule has 0 radical (unpaired) electrons. The second-order valence-electron chi connectivity index (χ2n) is 6.49. The molecule has 2 saturated heterocycles. The fraction of sp³-hybridized carbons (Fsp3) is 0.667. The molecule has 1 aromatic carbocycles. The molecule has 0 aromatic heterocycles. The van der Waals surface area contributed by atoms with E-state index in [1.54, 1.807) is 0 Å². The first-order chi connectivity index (χ1) is 10.3. The zero-order valence-electron chi connectivity index (χ0n) is 13.1. The van der Waals surface area contributed by atoms with Gasteiger partial charge in [-0.15, -0.1) is 0 Å². The van der Waals surface area contributed by atoms with Crippen LogP contribution in [0.1, 0.15) is 44.2 Å². The Hall–Kier alpha value is -0.900. The quantitative estimate of drug-likeness (QED) is 0.922. The van der Waals surface area contributed by atoms with Gasteiger partial charge in [0.25, 0.3) is 0 Å². The van der Waals surface area contributed by atoms with Gasteiger partial charge in [-0.05, 0) is 38.2 Å². The lowest BCUT2D eigenvalue weighted by atomic mass is 10.0.